The van der Waals surface area contributed by atoms with Crippen LogP contribution in [0.1, 0.15) is 34.9 Å². The van der Waals surface area contributed by atoms with Crippen molar-refractivity contribution in [1.29, 1.82) is 0 Å². The van der Waals surface area contributed by atoms with E-state index in [9.17, 15) is 4.79 Å². The number of benzene rings is 2. The second-order valence-electron chi connectivity index (χ2n) is 7.00. The quantitative estimate of drug-likeness (QED) is 0.546. The second kappa shape index (κ2) is 7.27. The summed E-state index contributed by atoms with van der Waals surface area (Å²) in [7, 11) is 0. The van der Waals surface area contributed by atoms with Crippen LogP contribution in [0.5, 0.6) is 0 Å². The molecule has 0 radical (unpaired) electrons. The Morgan fingerprint density at radius 3 is 2.72 bits per heavy atom. The lowest BCUT2D eigenvalue weighted by atomic mass is 10.2. The van der Waals surface area contributed by atoms with Gasteiger partial charge in [0.05, 0.1) is 18.8 Å². The smallest absolute Gasteiger partial charge is 0.277 e. The minimum absolute atomic E-state index is 0.258. The molecule has 1 fully saturated rings. The van der Waals surface area contributed by atoms with Gasteiger partial charge in [0.15, 0.2) is 11.5 Å². The minimum Gasteiger partial charge on any atom is -0.321 e. The number of tetrazole rings is 1. The molecule has 1 aliphatic carbocycles. The SMILES string of the molecule is O=C(Nc1cccc(-c2nnnn2C2CC2)c1)c1cn(Cc2ccccc2)nn1. The van der Waals surface area contributed by atoms with E-state index in [1.165, 1.54) is 0 Å². The van der Waals surface area contributed by atoms with E-state index in [0.717, 1.165) is 24.0 Å². The first kappa shape index (κ1) is 17.2. The fourth-order valence-electron chi connectivity index (χ4n) is 3.13. The van der Waals surface area contributed by atoms with E-state index in [1.54, 1.807) is 10.9 Å². The third-order valence-electron chi connectivity index (χ3n) is 4.72. The van der Waals surface area contributed by atoms with Crippen LogP contribution in [-0.2, 0) is 6.54 Å². The van der Waals surface area contributed by atoms with Gasteiger partial charge in [0.2, 0.25) is 0 Å². The monoisotopic (exact) mass is 386 g/mol. The van der Waals surface area contributed by atoms with Crippen LogP contribution in [0.3, 0.4) is 0 Å². The Hall–Kier alpha value is -3.88. The van der Waals surface area contributed by atoms with Gasteiger partial charge in [-0.3, -0.25) is 4.79 Å². The van der Waals surface area contributed by atoms with Gasteiger partial charge >= 0.3 is 0 Å². The van der Waals surface area contributed by atoms with Crippen LogP contribution < -0.4 is 5.32 Å². The molecule has 144 valence electrons. The van der Waals surface area contributed by atoms with Crippen LogP contribution in [0, 0.1) is 0 Å². The Labute approximate surface area is 166 Å². The number of anilines is 1. The Bertz CT molecular complexity index is 1150. The molecule has 1 saturated carbocycles. The highest BCUT2D eigenvalue weighted by molar-refractivity contribution is 6.02. The summed E-state index contributed by atoms with van der Waals surface area (Å²) in [5, 5.41) is 22.9. The first-order valence-corrected chi connectivity index (χ1v) is 9.40. The molecule has 0 bridgehead atoms. The zero-order valence-corrected chi connectivity index (χ0v) is 15.5. The topological polar surface area (TPSA) is 103 Å². The summed E-state index contributed by atoms with van der Waals surface area (Å²) in [6.07, 6.45) is 3.82. The summed E-state index contributed by atoms with van der Waals surface area (Å²) in [6.45, 7) is 0.556. The maximum Gasteiger partial charge on any atom is 0.277 e. The summed E-state index contributed by atoms with van der Waals surface area (Å²) in [5.74, 6) is 0.389. The van der Waals surface area contributed by atoms with Crippen molar-refractivity contribution in [1.82, 2.24) is 35.2 Å². The molecule has 0 saturated heterocycles. The summed E-state index contributed by atoms with van der Waals surface area (Å²) in [4.78, 5) is 12.6. The number of hydrogen-bond acceptors (Lipinski definition) is 6. The van der Waals surface area contributed by atoms with Crippen molar-refractivity contribution in [3.8, 4) is 11.4 Å². The molecule has 0 unspecified atom stereocenters. The maximum absolute atomic E-state index is 12.6. The minimum atomic E-state index is -0.316. The van der Waals surface area contributed by atoms with Crippen molar-refractivity contribution in [2.45, 2.75) is 25.4 Å². The molecule has 2 heterocycles. The zero-order chi connectivity index (χ0) is 19.6. The van der Waals surface area contributed by atoms with Gasteiger partial charge in [-0.15, -0.1) is 10.2 Å². The first-order chi connectivity index (χ1) is 14.3. The Morgan fingerprint density at radius 2 is 1.90 bits per heavy atom. The summed E-state index contributed by atoms with van der Waals surface area (Å²) in [6, 6.07) is 17.7. The lowest BCUT2D eigenvalue weighted by Gasteiger charge is -2.06. The van der Waals surface area contributed by atoms with Gasteiger partial charge in [-0.05, 0) is 41.0 Å². The van der Waals surface area contributed by atoms with E-state index in [4.69, 9.17) is 0 Å². The molecule has 9 heteroatoms. The molecule has 1 amide bonds. The van der Waals surface area contributed by atoms with Gasteiger partial charge in [0.25, 0.3) is 5.91 Å². The highest BCUT2D eigenvalue weighted by Gasteiger charge is 2.28. The van der Waals surface area contributed by atoms with Crippen molar-refractivity contribution in [2.24, 2.45) is 0 Å². The average molecular weight is 386 g/mol. The van der Waals surface area contributed by atoms with Crippen LogP contribution in [0.4, 0.5) is 5.69 Å². The highest BCUT2D eigenvalue weighted by Crippen LogP contribution is 2.36. The molecule has 4 aromatic rings. The third kappa shape index (κ3) is 3.75. The van der Waals surface area contributed by atoms with Gasteiger partial charge in [-0.25, -0.2) is 9.36 Å². The zero-order valence-electron chi connectivity index (χ0n) is 15.5. The Kier molecular flexibility index (Phi) is 4.32. The standard InChI is InChI=1S/C20H18N8O/c29-20(18-13-27(25-22-18)12-14-5-2-1-3-6-14)21-16-8-4-7-15(11-16)19-23-24-26-28(19)17-9-10-17/h1-8,11,13,17H,9-10,12H2,(H,21,29). The van der Waals surface area contributed by atoms with Crippen LogP contribution in [-0.4, -0.2) is 41.1 Å². The average Bonchev–Trinajstić information content (AvgIpc) is 3.28. The largest absolute Gasteiger partial charge is 0.321 e. The van der Waals surface area contributed by atoms with E-state index in [0.29, 0.717) is 24.1 Å². The summed E-state index contributed by atoms with van der Waals surface area (Å²) < 4.78 is 3.49. The molecule has 5 rings (SSSR count). The van der Waals surface area contributed by atoms with Gasteiger partial charge in [0, 0.05) is 11.3 Å². The highest BCUT2D eigenvalue weighted by atomic mass is 16.2. The van der Waals surface area contributed by atoms with Gasteiger partial charge in [-0.2, -0.15) is 0 Å². The van der Waals surface area contributed by atoms with Gasteiger partial charge in [-0.1, -0.05) is 47.7 Å². The predicted molar refractivity (Wildman–Crippen MR) is 105 cm³/mol. The molecular formula is C20H18N8O. The number of carbonyl (C=O) groups is 1. The number of amides is 1. The molecule has 0 aliphatic heterocycles. The first-order valence-electron chi connectivity index (χ1n) is 9.40. The molecule has 29 heavy (non-hydrogen) atoms. The number of nitrogens with one attached hydrogen (secondary N) is 1. The van der Waals surface area contributed by atoms with E-state index >= 15 is 0 Å². The fraction of sp³-hybridized carbons (Fsp3) is 0.200. The van der Waals surface area contributed by atoms with Crippen molar-refractivity contribution in [3.63, 3.8) is 0 Å². The number of rotatable bonds is 6. The lowest BCUT2D eigenvalue weighted by Crippen LogP contribution is -2.12. The lowest BCUT2D eigenvalue weighted by molar-refractivity contribution is 0.102. The third-order valence-corrected chi connectivity index (χ3v) is 4.72. The van der Waals surface area contributed by atoms with E-state index in [2.05, 4.69) is 31.2 Å². The Morgan fingerprint density at radius 1 is 1.03 bits per heavy atom. The maximum atomic E-state index is 12.6. The van der Waals surface area contributed by atoms with Crippen LogP contribution in [0.25, 0.3) is 11.4 Å². The van der Waals surface area contributed by atoms with Gasteiger partial charge < -0.3 is 5.32 Å². The van der Waals surface area contributed by atoms with Crippen LogP contribution >= 0.6 is 0 Å². The van der Waals surface area contributed by atoms with Crippen molar-refractivity contribution in [3.05, 3.63) is 72.1 Å². The molecule has 9 nitrogen and oxygen atoms in total. The molecule has 0 spiro atoms. The second-order valence-corrected chi connectivity index (χ2v) is 7.00. The number of carbonyl (C=O) groups excluding carboxylic acids is 1. The molecular weight excluding hydrogens is 368 g/mol. The summed E-state index contributed by atoms with van der Waals surface area (Å²) in [5.41, 5.74) is 2.85. The predicted octanol–water partition coefficient (Wildman–Crippen LogP) is 2.57. The van der Waals surface area contributed by atoms with Crippen LogP contribution in [0.15, 0.2) is 60.8 Å². The van der Waals surface area contributed by atoms with Crippen molar-refractivity contribution in [2.75, 3.05) is 5.32 Å². The van der Waals surface area contributed by atoms with E-state index in [1.807, 2.05) is 59.3 Å². The van der Waals surface area contributed by atoms with E-state index < -0.39 is 0 Å². The molecule has 2 aromatic carbocycles. The Balaban J connectivity index is 1.30. The molecule has 0 atom stereocenters. The van der Waals surface area contributed by atoms with E-state index in [-0.39, 0.29) is 11.6 Å². The van der Waals surface area contributed by atoms with Crippen molar-refractivity contribution >= 4 is 11.6 Å². The number of aromatic nitrogens is 7. The molecule has 1 aliphatic rings. The fourth-order valence-corrected chi connectivity index (χ4v) is 3.13. The number of nitrogens with zero attached hydrogens (tertiary/aromatic N) is 7. The molecule has 1 N–H and O–H groups in total. The van der Waals surface area contributed by atoms with Crippen LogP contribution in [0.2, 0.25) is 0 Å². The molecule has 2 aromatic heterocycles. The van der Waals surface area contributed by atoms with Gasteiger partial charge in [0.1, 0.15) is 0 Å². The normalized spacial score (nSPS) is 13.4. The number of hydrogen-bond donors (Lipinski definition) is 1. The summed E-state index contributed by atoms with van der Waals surface area (Å²) >= 11 is 0. The van der Waals surface area contributed by atoms with Crippen molar-refractivity contribution < 1.29 is 4.79 Å².